The number of rotatable bonds is 6. The predicted octanol–water partition coefficient (Wildman–Crippen LogP) is 2.91. The number of fused-ring (bicyclic) bond motifs is 1. The summed E-state index contributed by atoms with van der Waals surface area (Å²) < 4.78 is 0. The van der Waals surface area contributed by atoms with Gasteiger partial charge in [0.2, 0.25) is 0 Å². The van der Waals surface area contributed by atoms with Gasteiger partial charge < -0.3 is 10.2 Å². The average molecular weight is 264 g/mol. The van der Waals surface area contributed by atoms with Gasteiger partial charge in [0.15, 0.2) is 0 Å². The number of nitrogens with one attached hydrogen (secondary N) is 1. The molecule has 18 heavy (non-hydrogen) atoms. The first-order valence-electron chi connectivity index (χ1n) is 6.77. The van der Waals surface area contributed by atoms with Gasteiger partial charge in [-0.15, -0.1) is 0 Å². The molecule has 1 aliphatic rings. The summed E-state index contributed by atoms with van der Waals surface area (Å²) in [6.45, 7) is 5.56. The van der Waals surface area contributed by atoms with E-state index in [4.69, 9.17) is 0 Å². The zero-order valence-electron chi connectivity index (χ0n) is 11.7. The molecule has 2 nitrogen and oxygen atoms in total. The zero-order valence-corrected chi connectivity index (χ0v) is 12.5. The second-order valence-electron chi connectivity index (χ2n) is 5.15. The van der Waals surface area contributed by atoms with Crippen LogP contribution in [0.2, 0.25) is 0 Å². The molecule has 0 saturated heterocycles. The Balaban J connectivity index is 1.80. The molecule has 0 radical (unpaired) electrons. The molecule has 1 heterocycles. The number of benzene rings is 1. The summed E-state index contributed by atoms with van der Waals surface area (Å²) >= 11 is 1.94. The summed E-state index contributed by atoms with van der Waals surface area (Å²) in [7, 11) is 2.17. The molecule has 100 valence electrons. The Bertz CT molecular complexity index is 392. The maximum Gasteiger partial charge on any atom is 0.0397 e. The Morgan fingerprint density at radius 2 is 2.28 bits per heavy atom. The van der Waals surface area contributed by atoms with E-state index in [0.29, 0.717) is 0 Å². The van der Waals surface area contributed by atoms with E-state index in [-0.39, 0.29) is 0 Å². The Hall–Kier alpha value is -0.670. The van der Waals surface area contributed by atoms with Crippen LogP contribution in [0, 0.1) is 0 Å². The van der Waals surface area contributed by atoms with Gasteiger partial charge in [-0.3, -0.25) is 0 Å². The molecule has 1 aliphatic heterocycles. The fraction of sp³-hybridized carbons (Fsp3) is 0.600. The summed E-state index contributed by atoms with van der Waals surface area (Å²) in [4.78, 5) is 2.34. The van der Waals surface area contributed by atoms with Crippen molar-refractivity contribution in [1.82, 2.24) is 5.32 Å². The SMILES string of the molecule is CSC(C)CCNCc1ccc2c(c1)CCN2C. The Morgan fingerprint density at radius 1 is 1.44 bits per heavy atom. The summed E-state index contributed by atoms with van der Waals surface area (Å²) in [5, 5.41) is 4.30. The molecule has 0 bridgehead atoms. The van der Waals surface area contributed by atoms with Crippen LogP contribution in [-0.2, 0) is 13.0 Å². The van der Waals surface area contributed by atoms with Gasteiger partial charge in [-0.25, -0.2) is 0 Å². The maximum absolute atomic E-state index is 3.54. The minimum Gasteiger partial charge on any atom is -0.374 e. The lowest BCUT2D eigenvalue weighted by molar-refractivity contribution is 0.648. The highest BCUT2D eigenvalue weighted by atomic mass is 32.2. The van der Waals surface area contributed by atoms with Crippen LogP contribution in [0.5, 0.6) is 0 Å². The fourth-order valence-electron chi connectivity index (χ4n) is 2.39. The third-order valence-corrected chi connectivity index (χ3v) is 4.77. The average Bonchev–Trinajstić information content (AvgIpc) is 2.76. The first-order chi connectivity index (χ1) is 8.70. The molecular formula is C15H24N2S. The highest BCUT2D eigenvalue weighted by Crippen LogP contribution is 2.27. The smallest absolute Gasteiger partial charge is 0.0397 e. The van der Waals surface area contributed by atoms with Gasteiger partial charge in [-0.1, -0.05) is 19.1 Å². The van der Waals surface area contributed by atoms with Crippen molar-refractivity contribution in [3.05, 3.63) is 29.3 Å². The summed E-state index contributed by atoms with van der Waals surface area (Å²) in [5.74, 6) is 0. The summed E-state index contributed by atoms with van der Waals surface area (Å²) in [5.41, 5.74) is 4.34. The first kappa shape index (κ1) is 13.8. The molecule has 1 aromatic rings. The second-order valence-corrected chi connectivity index (χ2v) is 6.42. The van der Waals surface area contributed by atoms with E-state index in [2.05, 4.69) is 48.6 Å². The van der Waals surface area contributed by atoms with Crippen molar-refractivity contribution in [3.63, 3.8) is 0 Å². The molecule has 3 heteroatoms. The fourth-order valence-corrected chi connectivity index (χ4v) is 2.74. The highest BCUT2D eigenvalue weighted by Gasteiger charge is 2.15. The van der Waals surface area contributed by atoms with Gasteiger partial charge in [-0.2, -0.15) is 11.8 Å². The monoisotopic (exact) mass is 264 g/mol. The van der Waals surface area contributed by atoms with Crippen molar-refractivity contribution < 1.29 is 0 Å². The van der Waals surface area contributed by atoms with Crippen molar-refractivity contribution in [2.24, 2.45) is 0 Å². The van der Waals surface area contributed by atoms with E-state index >= 15 is 0 Å². The van der Waals surface area contributed by atoms with Crippen LogP contribution in [0.1, 0.15) is 24.5 Å². The molecule has 0 fully saturated rings. The van der Waals surface area contributed by atoms with Crippen molar-refractivity contribution in [2.45, 2.75) is 31.6 Å². The van der Waals surface area contributed by atoms with Gasteiger partial charge in [0, 0.05) is 31.1 Å². The van der Waals surface area contributed by atoms with Crippen LogP contribution in [0.4, 0.5) is 5.69 Å². The van der Waals surface area contributed by atoms with Gasteiger partial charge in [0.1, 0.15) is 0 Å². The minimum atomic E-state index is 0.756. The molecule has 0 spiro atoms. The van der Waals surface area contributed by atoms with Crippen LogP contribution < -0.4 is 10.2 Å². The number of thioether (sulfide) groups is 1. The molecule has 0 aliphatic carbocycles. The largest absolute Gasteiger partial charge is 0.374 e. The number of nitrogens with zero attached hydrogens (tertiary/aromatic N) is 1. The maximum atomic E-state index is 3.54. The lowest BCUT2D eigenvalue weighted by atomic mass is 10.1. The molecule has 0 aromatic heterocycles. The summed E-state index contributed by atoms with van der Waals surface area (Å²) in [6.07, 6.45) is 4.62. The Kier molecular flexibility index (Phi) is 4.95. The third kappa shape index (κ3) is 3.42. The van der Waals surface area contributed by atoms with Crippen molar-refractivity contribution in [3.8, 4) is 0 Å². The minimum absolute atomic E-state index is 0.756. The molecule has 1 atom stereocenters. The van der Waals surface area contributed by atoms with Gasteiger partial charge >= 0.3 is 0 Å². The van der Waals surface area contributed by atoms with E-state index in [1.807, 2.05) is 11.8 Å². The van der Waals surface area contributed by atoms with Crippen LogP contribution in [0.25, 0.3) is 0 Å². The normalized spacial score (nSPS) is 15.8. The van der Waals surface area contributed by atoms with Gasteiger partial charge in [0.05, 0.1) is 0 Å². The van der Waals surface area contributed by atoms with Gasteiger partial charge in [0.25, 0.3) is 0 Å². The molecule has 2 rings (SSSR count). The highest BCUT2D eigenvalue weighted by molar-refractivity contribution is 7.99. The standard InChI is InChI=1S/C15H24N2S/c1-12(18-3)6-8-16-11-13-4-5-15-14(10-13)7-9-17(15)2/h4-5,10,12,16H,6-9,11H2,1-3H3. The molecule has 0 amide bonds. The molecular weight excluding hydrogens is 240 g/mol. The predicted molar refractivity (Wildman–Crippen MR) is 82.7 cm³/mol. The first-order valence-corrected chi connectivity index (χ1v) is 8.06. The Morgan fingerprint density at radius 3 is 3.06 bits per heavy atom. The van der Waals surface area contributed by atoms with Crippen molar-refractivity contribution in [2.75, 3.05) is 31.3 Å². The quantitative estimate of drug-likeness (QED) is 0.795. The molecule has 0 saturated carbocycles. The number of hydrogen-bond donors (Lipinski definition) is 1. The lowest BCUT2D eigenvalue weighted by Gasteiger charge is -2.13. The molecule has 1 unspecified atom stereocenters. The topological polar surface area (TPSA) is 15.3 Å². The van der Waals surface area contributed by atoms with Crippen LogP contribution in [-0.4, -0.2) is 31.6 Å². The van der Waals surface area contributed by atoms with Crippen molar-refractivity contribution >= 4 is 17.4 Å². The Labute approximate surface area is 115 Å². The van der Waals surface area contributed by atoms with E-state index in [9.17, 15) is 0 Å². The van der Waals surface area contributed by atoms with E-state index < -0.39 is 0 Å². The zero-order chi connectivity index (χ0) is 13.0. The van der Waals surface area contributed by atoms with Gasteiger partial charge in [-0.05, 0) is 42.8 Å². The summed E-state index contributed by atoms with van der Waals surface area (Å²) in [6, 6.07) is 6.89. The number of likely N-dealkylation sites (N-methyl/N-ethyl adjacent to an activating group) is 1. The van der Waals surface area contributed by atoms with E-state index in [0.717, 1.165) is 24.9 Å². The van der Waals surface area contributed by atoms with Crippen LogP contribution in [0.15, 0.2) is 18.2 Å². The van der Waals surface area contributed by atoms with E-state index in [1.54, 1.807) is 0 Å². The number of anilines is 1. The van der Waals surface area contributed by atoms with Crippen molar-refractivity contribution in [1.29, 1.82) is 0 Å². The van der Waals surface area contributed by atoms with Crippen LogP contribution >= 0.6 is 11.8 Å². The lowest BCUT2D eigenvalue weighted by Crippen LogP contribution is -2.17. The number of hydrogen-bond acceptors (Lipinski definition) is 3. The van der Waals surface area contributed by atoms with E-state index in [1.165, 1.54) is 29.7 Å². The third-order valence-electron chi connectivity index (χ3n) is 3.73. The molecule has 1 N–H and O–H groups in total. The second kappa shape index (κ2) is 6.48. The van der Waals surface area contributed by atoms with Crippen LogP contribution in [0.3, 0.4) is 0 Å². The molecule has 1 aromatic carbocycles.